The number of aromatic nitrogens is 2. The Morgan fingerprint density at radius 3 is 3.00 bits per heavy atom. The monoisotopic (exact) mass is 193 g/mol. The summed E-state index contributed by atoms with van der Waals surface area (Å²) in [6.07, 6.45) is 2.19. The van der Waals surface area contributed by atoms with Gasteiger partial charge in [0.15, 0.2) is 0 Å². The Balaban J connectivity index is 2.35. The molecule has 0 aromatic carbocycles. The van der Waals surface area contributed by atoms with Crippen molar-refractivity contribution in [2.75, 3.05) is 11.9 Å². The summed E-state index contributed by atoms with van der Waals surface area (Å²) in [5.41, 5.74) is 1.19. The van der Waals surface area contributed by atoms with E-state index in [4.69, 9.17) is 0 Å². The van der Waals surface area contributed by atoms with Gasteiger partial charge in [-0.05, 0) is 18.8 Å². The summed E-state index contributed by atoms with van der Waals surface area (Å²) in [7, 11) is 0. The highest BCUT2D eigenvalue weighted by Crippen LogP contribution is 2.30. The minimum Gasteiger partial charge on any atom is -0.370 e. The molecule has 0 fully saturated rings. The van der Waals surface area contributed by atoms with Gasteiger partial charge in [0.05, 0.1) is 11.7 Å². The first kappa shape index (κ1) is 9.56. The standard InChI is InChI=1S/C11H19N3/c1-4-9-6-11-12-7-8(3)10(5-2)14(11)13-9/h6,8,10,12H,4-5,7H2,1-3H3. The highest BCUT2D eigenvalue weighted by Gasteiger charge is 2.25. The average molecular weight is 193 g/mol. The van der Waals surface area contributed by atoms with Crippen molar-refractivity contribution in [1.82, 2.24) is 9.78 Å². The molecule has 1 N–H and O–H groups in total. The van der Waals surface area contributed by atoms with Crippen molar-refractivity contribution in [2.45, 2.75) is 39.7 Å². The highest BCUT2D eigenvalue weighted by molar-refractivity contribution is 5.39. The largest absolute Gasteiger partial charge is 0.370 e. The van der Waals surface area contributed by atoms with Crippen LogP contribution in [0.5, 0.6) is 0 Å². The van der Waals surface area contributed by atoms with Crippen LogP contribution in [0.4, 0.5) is 5.82 Å². The van der Waals surface area contributed by atoms with Crippen molar-refractivity contribution >= 4 is 5.82 Å². The molecule has 1 aromatic rings. The highest BCUT2D eigenvalue weighted by atomic mass is 15.4. The molecule has 0 bridgehead atoms. The summed E-state index contributed by atoms with van der Waals surface area (Å²) < 4.78 is 2.17. The summed E-state index contributed by atoms with van der Waals surface area (Å²) in [6, 6.07) is 2.75. The minimum atomic E-state index is 0.576. The summed E-state index contributed by atoms with van der Waals surface area (Å²) in [5.74, 6) is 1.88. The maximum Gasteiger partial charge on any atom is 0.124 e. The second-order valence-corrected chi connectivity index (χ2v) is 4.15. The second-order valence-electron chi connectivity index (χ2n) is 4.15. The molecule has 1 aliphatic heterocycles. The fourth-order valence-corrected chi connectivity index (χ4v) is 2.22. The van der Waals surface area contributed by atoms with Crippen LogP contribution in [-0.2, 0) is 6.42 Å². The van der Waals surface area contributed by atoms with E-state index < -0.39 is 0 Å². The molecule has 2 rings (SSSR count). The first-order chi connectivity index (χ1) is 6.76. The van der Waals surface area contributed by atoms with Crippen LogP contribution in [0.1, 0.15) is 38.9 Å². The second kappa shape index (κ2) is 3.64. The zero-order valence-corrected chi connectivity index (χ0v) is 9.25. The number of nitrogens with zero attached hydrogens (tertiary/aromatic N) is 2. The van der Waals surface area contributed by atoms with Crippen molar-refractivity contribution in [1.29, 1.82) is 0 Å². The molecular formula is C11H19N3. The van der Waals surface area contributed by atoms with E-state index >= 15 is 0 Å². The van der Waals surface area contributed by atoms with E-state index in [1.165, 1.54) is 17.9 Å². The first-order valence-corrected chi connectivity index (χ1v) is 5.58. The number of aryl methyl sites for hydroxylation is 1. The molecule has 0 radical (unpaired) electrons. The van der Waals surface area contributed by atoms with Gasteiger partial charge in [0.1, 0.15) is 5.82 Å². The molecule has 0 saturated carbocycles. The average Bonchev–Trinajstić information content (AvgIpc) is 2.60. The quantitative estimate of drug-likeness (QED) is 0.782. The van der Waals surface area contributed by atoms with Gasteiger partial charge in [0.25, 0.3) is 0 Å². The van der Waals surface area contributed by atoms with Crippen LogP contribution in [0.2, 0.25) is 0 Å². The van der Waals surface area contributed by atoms with Crippen LogP contribution in [0.25, 0.3) is 0 Å². The molecule has 0 amide bonds. The van der Waals surface area contributed by atoms with Gasteiger partial charge in [-0.3, -0.25) is 0 Å². The zero-order valence-electron chi connectivity index (χ0n) is 9.25. The van der Waals surface area contributed by atoms with Crippen LogP contribution >= 0.6 is 0 Å². The fourth-order valence-electron chi connectivity index (χ4n) is 2.22. The number of fused-ring (bicyclic) bond motifs is 1. The number of hydrogen-bond acceptors (Lipinski definition) is 2. The lowest BCUT2D eigenvalue weighted by Crippen LogP contribution is -2.30. The Morgan fingerprint density at radius 2 is 2.36 bits per heavy atom. The molecule has 0 spiro atoms. The maximum absolute atomic E-state index is 4.63. The van der Waals surface area contributed by atoms with Crippen molar-refractivity contribution in [2.24, 2.45) is 5.92 Å². The summed E-state index contributed by atoms with van der Waals surface area (Å²) in [4.78, 5) is 0. The summed E-state index contributed by atoms with van der Waals surface area (Å²) >= 11 is 0. The normalized spacial score (nSPS) is 25.6. The van der Waals surface area contributed by atoms with Crippen LogP contribution in [0.15, 0.2) is 6.07 Å². The molecule has 1 aromatic heterocycles. The summed E-state index contributed by atoms with van der Waals surface area (Å²) in [6.45, 7) is 7.76. The number of hydrogen-bond donors (Lipinski definition) is 1. The topological polar surface area (TPSA) is 29.9 Å². The number of rotatable bonds is 2. The lowest BCUT2D eigenvalue weighted by molar-refractivity contribution is 0.312. The summed E-state index contributed by atoms with van der Waals surface area (Å²) in [5, 5.41) is 8.06. The van der Waals surface area contributed by atoms with E-state index in [0.717, 1.165) is 13.0 Å². The van der Waals surface area contributed by atoms with E-state index in [0.29, 0.717) is 12.0 Å². The molecular weight excluding hydrogens is 174 g/mol. The molecule has 3 nitrogen and oxygen atoms in total. The maximum atomic E-state index is 4.63. The molecule has 14 heavy (non-hydrogen) atoms. The molecule has 2 heterocycles. The lowest BCUT2D eigenvalue weighted by atomic mass is 9.98. The van der Waals surface area contributed by atoms with Gasteiger partial charge in [-0.2, -0.15) is 5.10 Å². The molecule has 3 heteroatoms. The van der Waals surface area contributed by atoms with E-state index in [1.807, 2.05) is 0 Å². The Morgan fingerprint density at radius 1 is 1.57 bits per heavy atom. The van der Waals surface area contributed by atoms with Gasteiger partial charge in [-0.1, -0.05) is 20.8 Å². The van der Waals surface area contributed by atoms with Crippen LogP contribution in [0, 0.1) is 5.92 Å². The van der Waals surface area contributed by atoms with Gasteiger partial charge < -0.3 is 5.32 Å². The van der Waals surface area contributed by atoms with Crippen LogP contribution < -0.4 is 5.32 Å². The first-order valence-electron chi connectivity index (χ1n) is 5.58. The third-order valence-corrected chi connectivity index (χ3v) is 3.14. The number of anilines is 1. The third-order valence-electron chi connectivity index (χ3n) is 3.14. The predicted octanol–water partition coefficient (Wildman–Crippen LogP) is 2.46. The van der Waals surface area contributed by atoms with E-state index in [9.17, 15) is 0 Å². The molecule has 0 saturated heterocycles. The van der Waals surface area contributed by atoms with Crippen molar-refractivity contribution in [3.05, 3.63) is 11.8 Å². The lowest BCUT2D eigenvalue weighted by Gasteiger charge is -2.30. The van der Waals surface area contributed by atoms with Gasteiger partial charge in [-0.25, -0.2) is 4.68 Å². The molecule has 2 unspecified atom stereocenters. The van der Waals surface area contributed by atoms with E-state index in [-0.39, 0.29) is 0 Å². The van der Waals surface area contributed by atoms with E-state index in [1.54, 1.807) is 0 Å². The Labute approximate surface area is 85.5 Å². The van der Waals surface area contributed by atoms with Crippen molar-refractivity contribution < 1.29 is 0 Å². The van der Waals surface area contributed by atoms with Crippen molar-refractivity contribution in [3.8, 4) is 0 Å². The SMILES string of the molecule is CCc1cc2n(n1)C(CC)C(C)CN2. The zero-order chi connectivity index (χ0) is 10.1. The third kappa shape index (κ3) is 1.41. The van der Waals surface area contributed by atoms with E-state index in [2.05, 4.69) is 41.9 Å². The Bertz CT molecular complexity index is 316. The molecule has 78 valence electrons. The minimum absolute atomic E-state index is 0.576. The fraction of sp³-hybridized carbons (Fsp3) is 0.727. The van der Waals surface area contributed by atoms with Crippen LogP contribution in [-0.4, -0.2) is 16.3 Å². The van der Waals surface area contributed by atoms with Gasteiger partial charge in [0, 0.05) is 12.6 Å². The van der Waals surface area contributed by atoms with Gasteiger partial charge in [-0.15, -0.1) is 0 Å². The molecule has 1 aliphatic rings. The van der Waals surface area contributed by atoms with Gasteiger partial charge in [0.2, 0.25) is 0 Å². The predicted molar refractivity (Wildman–Crippen MR) is 58.6 cm³/mol. The van der Waals surface area contributed by atoms with Gasteiger partial charge >= 0.3 is 0 Å². The Kier molecular flexibility index (Phi) is 2.48. The number of nitrogens with one attached hydrogen (secondary N) is 1. The Hall–Kier alpha value is -0.990. The van der Waals surface area contributed by atoms with Crippen molar-refractivity contribution in [3.63, 3.8) is 0 Å². The van der Waals surface area contributed by atoms with Crippen LogP contribution in [0.3, 0.4) is 0 Å². The molecule has 2 atom stereocenters. The smallest absolute Gasteiger partial charge is 0.124 e. The molecule has 0 aliphatic carbocycles.